The first-order chi connectivity index (χ1) is 15.1. The smallest absolute Gasteiger partial charge is 0.259 e. The molecule has 1 saturated heterocycles. The van der Waals surface area contributed by atoms with Gasteiger partial charge in [-0.2, -0.15) is 0 Å². The Morgan fingerprint density at radius 2 is 1.88 bits per heavy atom. The first kappa shape index (κ1) is 25.2. The zero-order chi connectivity index (χ0) is 23.6. The average molecular weight is 452 g/mol. The van der Waals surface area contributed by atoms with E-state index in [0.717, 1.165) is 31.6 Å². The van der Waals surface area contributed by atoms with E-state index in [9.17, 15) is 25.2 Å². The summed E-state index contributed by atoms with van der Waals surface area (Å²) in [6, 6.07) is 0. The summed E-state index contributed by atoms with van der Waals surface area (Å²) >= 11 is 0. The maximum atomic E-state index is 13.0. The van der Waals surface area contributed by atoms with Crippen molar-refractivity contribution < 1.29 is 25.2 Å². The fourth-order valence-corrected chi connectivity index (χ4v) is 5.42. The largest absolute Gasteiger partial charge is 0.507 e. The average Bonchev–Trinajstić information content (AvgIpc) is 3.02. The molecule has 2 fully saturated rings. The lowest BCUT2D eigenvalue weighted by Crippen LogP contribution is -2.32. The predicted molar refractivity (Wildman–Crippen MR) is 123 cm³/mol. The quantitative estimate of drug-likeness (QED) is 0.483. The Balaban J connectivity index is 1.77. The van der Waals surface area contributed by atoms with Crippen LogP contribution in [0.3, 0.4) is 0 Å². The van der Waals surface area contributed by atoms with E-state index in [0.29, 0.717) is 17.9 Å². The van der Waals surface area contributed by atoms with Crippen molar-refractivity contribution in [3.63, 3.8) is 0 Å². The number of aryl methyl sites for hydroxylation is 1. The van der Waals surface area contributed by atoms with Crippen LogP contribution in [0.2, 0.25) is 0 Å². The summed E-state index contributed by atoms with van der Waals surface area (Å²) in [4.78, 5) is 13.0. The highest BCUT2D eigenvalue weighted by Crippen LogP contribution is 2.43. The van der Waals surface area contributed by atoms with E-state index in [1.54, 1.807) is 7.05 Å². The number of aliphatic hydroxyl groups is 3. The van der Waals surface area contributed by atoms with Crippen molar-refractivity contribution >= 4 is 0 Å². The third-order valence-corrected chi connectivity index (χ3v) is 7.62. The third-order valence-electron chi connectivity index (χ3n) is 7.62. The second-order valence-corrected chi connectivity index (χ2v) is 10.3. The lowest BCUT2D eigenvalue weighted by atomic mass is 9.88. The van der Waals surface area contributed by atoms with Gasteiger partial charge in [0.1, 0.15) is 11.9 Å². The summed E-state index contributed by atoms with van der Waals surface area (Å²) in [7, 11) is 1.61. The Kier molecular flexibility index (Phi) is 8.42. The minimum absolute atomic E-state index is 0.0570. The SMILES string of the molecule is CCC(C)CC(C)CCC1CCCC(c2c(O)c(C3CC(O)C(O)C3O)cn(C)c2=O)O1. The summed E-state index contributed by atoms with van der Waals surface area (Å²) in [6.45, 7) is 6.79. The summed E-state index contributed by atoms with van der Waals surface area (Å²) in [5.41, 5.74) is 0.291. The molecule has 4 N–H and O–H groups in total. The van der Waals surface area contributed by atoms with E-state index in [4.69, 9.17) is 4.74 Å². The molecule has 7 heteroatoms. The first-order valence-electron chi connectivity index (χ1n) is 12.3. The molecule has 1 aromatic heterocycles. The van der Waals surface area contributed by atoms with Gasteiger partial charge in [-0.3, -0.25) is 4.79 Å². The van der Waals surface area contributed by atoms with Gasteiger partial charge < -0.3 is 29.7 Å². The molecule has 8 atom stereocenters. The second-order valence-electron chi connectivity index (χ2n) is 10.3. The van der Waals surface area contributed by atoms with Gasteiger partial charge in [-0.05, 0) is 56.8 Å². The van der Waals surface area contributed by atoms with Gasteiger partial charge in [0.05, 0.1) is 30.0 Å². The number of aliphatic hydroxyl groups excluding tert-OH is 3. The topological polar surface area (TPSA) is 112 Å². The molecule has 3 rings (SSSR count). The molecule has 32 heavy (non-hydrogen) atoms. The molecule has 0 bridgehead atoms. The van der Waals surface area contributed by atoms with Gasteiger partial charge in [-0.1, -0.05) is 27.2 Å². The van der Waals surface area contributed by atoms with Crippen LogP contribution in [0.5, 0.6) is 5.75 Å². The predicted octanol–water partition coefficient (Wildman–Crippen LogP) is 3.12. The standard InChI is InChI=1S/C25H41NO6/c1-5-14(2)11-15(3)9-10-16-7-6-8-20(32-16)21-22(28)18(13-26(4)25(21)31)17-12-19(27)24(30)23(17)29/h13-17,19-20,23-24,27-30H,5-12H2,1-4H3. The lowest BCUT2D eigenvalue weighted by Gasteiger charge is -2.32. The normalized spacial score (nSPS) is 32.7. The van der Waals surface area contributed by atoms with Crippen molar-refractivity contribution in [1.82, 2.24) is 4.57 Å². The van der Waals surface area contributed by atoms with Crippen molar-refractivity contribution in [3.05, 3.63) is 27.7 Å². The highest BCUT2D eigenvalue weighted by Gasteiger charge is 2.43. The molecule has 8 unspecified atom stereocenters. The number of hydrogen-bond acceptors (Lipinski definition) is 6. The van der Waals surface area contributed by atoms with Crippen LogP contribution in [-0.4, -0.2) is 49.4 Å². The summed E-state index contributed by atoms with van der Waals surface area (Å²) in [5, 5.41) is 41.4. The third kappa shape index (κ3) is 5.38. The molecule has 1 saturated carbocycles. The van der Waals surface area contributed by atoms with Gasteiger partial charge in [0, 0.05) is 24.7 Å². The molecular formula is C25H41NO6. The van der Waals surface area contributed by atoms with Gasteiger partial charge in [-0.25, -0.2) is 0 Å². The minimum Gasteiger partial charge on any atom is -0.507 e. The summed E-state index contributed by atoms with van der Waals surface area (Å²) in [5.74, 6) is 0.525. The number of hydrogen-bond donors (Lipinski definition) is 4. The number of aromatic nitrogens is 1. The summed E-state index contributed by atoms with van der Waals surface area (Å²) < 4.78 is 7.72. The monoisotopic (exact) mass is 451 g/mol. The van der Waals surface area contributed by atoms with E-state index in [-0.39, 0.29) is 29.4 Å². The molecule has 0 aromatic carbocycles. The van der Waals surface area contributed by atoms with Crippen LogP contribution >= 0.6 is 0 Å². The Morgan fingerprint density at radius 3 is 2.50 bits per heavy atom. The lowest BCUT2D eigenvalue weighted by molar-refractivity contribution is -0.0588. The maximum Gasteiger partial charge on any atom is 0.259 e. The molecule has 2 aliphatic rings. The molecular weight excluding hydrogens is 410 g/mol. The molecule has 182 valence electrons. The number of pyridine rings is 1. The number of rotatable bonds is 8. The van der Waals surface area contributed by atoms with Crippen molar-refractivity contribution in [2.75, 3.05) is 0 Å². The molecule has 0 radical (unpaired) electrons. The van der Waals surface area contributed by atoms with Crippen molar-refractivity contribution in [2.45, 2.75) is 109 Å². The highest BCUT2D eigenvalue weighted by atomic mass is 16.5. The molecule has 1 aliphatic carbocycles. The number of aromatic hydroxyl groups is 1. The van der Waals surface area contributed by atoms with Crippen molar-refractivity contribution in [3.8, 4) is 5.75 Å². The Hall–Kier alpha value is -1.41. The molecule has 2 heterocycles. The van der Waals surface area contributed by atoms with Crippen molar-refractivity contribution in [1.29, 1.82) is 0 Å². The van der Waals surface area contributed by atoms with E-state index in [1.807, 2.05) is 0 Å². The number of nitrogens with zero attached hydrogens (tertiary/aromatic N) is 1. The van der Waals surface area contributed by atoms with Gasteiger partial charge in [0.2, 0.25) is 0 Å². The zero-order valence-electron chi connectivity index (χ0n) is 19.9. The fourth-order valence-electron chi connectivity index (χ4n) is 5.42. The Morgan fingerprint density at radius 1 is 1.16 bits per heavy atom. The van der Waals surface area contributed by atoms with Gasteiger partial charge in [-0.15, -0.1) is 0 Å². The first-order valence-corrected chi connectivity index (χ1v) is 12.3. The number of ether oxygens (including phenoxy) is 1. The Bertz CT molecular complexity index is 823. The molecule has 7 nitrogen and oxygen atoms in total. The highest BCUT2D eigenvalue weighted by molar-refractivity contribution is 5.43. The van der Waals surface area contributed by atoms with E-state index >= 15 is 0 Å². The summed E-state index contributed by atoms with van der Waals surface area (Å²) in [6.07, 6.45) is 4.59. The van der Waals surface area contributed by atoms with Gasteiger partial charge >= 0.3 is 0 Å². The van der Waals surface area contributed by atoms with E-state index in [2.05, 4.69) is 20.8 Å². The maximum absolute atomic E-state index is 13.0. The van der Waals surface area contributed by atoms with Crippen LogP contribution in [-0.2, 0) is 11.8 Å². The second kappa shape index (κ2) is 10.7. The Labute approximate surface area is 191 Å². The zero-order valence-corrected chi connectivity index (χ0v) is 19.9. The van der Waals surface area contributed by atoms with Crippen LogP contribution in [0, 0.1) is 11.8 Å². The van der Waals surface area contributed by atoms with Crippen LogP contribution in [0.25, 0.3) is 0 Å². The molecule has 0 spiro atoms. The van der Waals surface area contributed by atoms with Crippen LogP contribution < -0.4 is 5.56 Å². The van der Waals surface area contributed by atoms with Crippen LogP contribution in [0.15, 0.2) is 11.0 Å². The van der Waals surface area contributed by atoms with Gasteiger partial charge in [0.15, 0.2) is 0 Å². The molecule has 1 aromatic rings. The fraction of sp³-hybridized carbons (Fsp3) is 0.800. The molecule has 1 aliphatic heterocycles. The van der Waals surface area contributed by atoms with Crippen molar-refractivity contribution in [2.24, 2.45) is 18.9 Å². The molecule has 0 amide bonds. The van der Waals surface area contributed by atoms with E-state index < -0.39 is 30.3 Å². The van der Waals surface area contributed by atoms with Crippen LogP contribution in [0.1, 0.15) is 95.3 Å². The van der Waals surface area contributed by atoms with E-state index in [1.165, 1.54) is 23.6 Å². The van der Waals surface area contributed by atoms with Gasteiger partial charge in [0.25, 0.3) is 5.56 Å². The van der Waals surface area contributed by atoms with Crippen LogP contribution in [0.4, 0.5) is 0 Å². The minimum atomic E-state index is -1.27.